The maximum absolute atomic E-state index is 12.7. The molecule has 2 aliphatic rings. The summed E-state index contributed by atoms with van der Waals surface area (Å²) >= 11 is 0. The van der Waals surface area contributed by atoms with E-state index in [0.717, 1.165) is 38.8 Å². The van der Waals surface area contributed by atoms with Crippen LogP contribution in [0.2, 0.25) is 0 Å². The van der Waals surface area contributed by atoms with Crippen molar-refractivity contribution < 1.29 is 4.79 Å². The van der Waals surface area contributed by atoms with Crippen LogP contribution in [0.5, 0.6) is 0 Å². The zero-order chi connectivity index (χ0) is 13.7. The first kappa shape index (κ1) is 14.8. The number of amides is 1. The fraction of sp³-hybridized carbons (Fsp3) is 0.933. The summed E-state index contributed by atoms with van der Waals surface area (Å²) in [6.45, 7) is 4.78. The molecule has 1 saturated carbocycles. The summed E-state index contributed by atoms with van der Waals surface area (Å²) in [4.78, 5) is 17.1. The zero-order valence-electron chi connectivity index (χ0n) is 12.4. The summed E-state index contributed by atoms with van der Waals surface area (Å²) in [5.74, 6) is 0.286. The lowest BCUT2D eigenvalue weighted by molar-refractivity contribution is -0.142. The summed E-state index contributed by atoms with van der Waals surface area (Å²) in [6.07, 6.45) is 8.15. The van der Waals surface area contributed by atoms with Gasteiger partial charge in [0, 0.05) is 26.7 Å². The van der Waals surface area contributed by atoms with E-state index in [1.165, 1.54) is 32.4 Å². The van der Waals surface area contributed by atoms with E-state index >= 15 is 0 Å². The third-order valence-corrected chi connectivity index (χ3v) is 4.95. The van der Waals surface area contributed by atoms with Gasteiger partial charge in [0.15, 0.2) is 0 Å². The van der Waals surface area contributed by atoms with Gasteiger partial charge < -0.3 is 15.5 Å². The molecule has 0 bridgehead atoms. The second-order valence-corrected chi connectivity index (χ2v) is 6.32. The molecule has 1 amide bonds. The van der Waals surface area contributed by atoms with Gasteiger partial charge in [-0.15, -0.1) is 0 Å². The van der Waals surface area contributed by atoms with Crippen LogP contribution >= 0.6 is 0 Å². The fourth-order valence-electron chi connectivity index (χ4n) is 3.54. The summed E-state index contributed by atoms with van der Waals surface area (Å²) in [7, 11) is 1.95. The van der Waals surface area contributed by atoms with E-state index in [1.807, 2.05) is 11.9 Å². The van der Waals surface area contributed by atoms with Gasteiger partial charge in [-0.05, 0) is 38.8 Å². The van der Waals surface area contributed by atoms with Crippen molar-refractivity contribution in [2.24, 2.45) is 11.1 Å². The van der Waals surface area contributed by atoms with E-state index in [-0.39, 0.29) is 11.3 Å². The first-order valence-electron chi connectivity index (χ1n) is 7.86. The number of carbonyl (C=O) groups is 1. The number of nitrogens with zero attached hydrogens (tertiary/aromatic N) is 2. The normalized spacial score (nSPS) is 23.5. The monoisotopic (exact) mass is 267 g/mol. The topological polar surface area (TPSA) is 49.6 Å². The molecule has 4 nitrogen and oxygen atoms in total. The maximum atomic E-state index is 12.7. The average molecular weight is 267 g/mol. The highest BCUT2D eigenvalue weighted by molar-refractivity contribution is 5.82. The van der Waals surface area contributed by atoms with Crippen LogP contribution in [0, 0.1) is 5.41 Å². The van der Waals surface area contributed by atoms with Gasteiger partial charge in [-0.2, -0.15) is 0 Å². The number of carbonyl (C=O) groups excluding carboxylic acids is 1. The fourth-order valence-corrected chi connectivity index (χ4v) is 3.54. The predicted octanol–water partition coefficient (Wildman–Crippen LogP) is 1.45. The van der Waals surface area contributed by atoms with Crippen LogP contribution in [0.15, 0.2) is 0 Å². The largest absolute Gasteiger partial charge is 0.344 e. The van der Waals surface area contributed by atoms with E-state index in [0.29, 0.717) is 6.54 Å². The maximum Gasteiger partial charge on any atom is 0.229 e. The lowest BCUT2D eigenvalue weighted by Crippen LogP contribution is -2.49. The van der Waals surface area contributed by atoms with E-state index in [4.69, 9.17) is 5.73 Å². The molecule has 0 spiro atoms. The van der Waals surface area contributed by atoms with Crippen molar-refractivity contribution in [1.82, 2.24) is 9.80 Å². The SMILES string of the molecule is CN(CCN1CCCC1)C(=O)C1(CN)CCCCC1. The van der Waals surface area contributed by atoms with E-state index in [2.05, 4.69) is 4.90 Å². The molecule has 2 N–H and O–H groups in total. The lowest BCUT2D eigenvalue weighted by atomic mass is 9.73. The van der Waals surface area contributed by atoms with Gasteiger partial charge >= 0.3 is 0 Å². The summed E-state index contributed by atoms with van der Waals surface area (Å²) < 4.78 is 0. The van der Waals surface area contributed by atoms with Crippen molar-refractivity contribution in [2.75, 3.05) is 39.8 Å². The summed E-state index contributed by atoms with van der Waals surface area (Å²) in [5, 5.41) is 0. The number of hydrogen-bond donors (Lipinski definition) is 1. The predicted molar refractivity (Wildman–Crippen MR) is 77.9 cm³/mol. The Labute approximate surface area is 117 Å². The van der Waals surface area contributed by atoms with Crippen LogP contribution < -0.4 is 5.73 Å². The Morgan fingerprint density at radius 3 is 2.37 bits per heavy atom. The Balaban J connectivity index is 1.85. The first-order valence-corrected chi connectivity index (χ1v) is 7.86. The third kappa shape index (κ3) is 3.48. The Bertz CT molecular complexity index is 294. The minimum atomic E-state index is -0.252. The quantitative estimate of drug-likeness (QED) is 0.820. The number of hydrogen-bond acceptors (Lipinski definition) is 3. The van der Waals surface area contributed by atoms with Gasteiger partial charge in [0.2, 0.25) is 5.91 Å². The molecule has 0 aromatic heterocycles. The van der Waals surface area contributed by atoms with Gasteiger partial charge in [0.05, 0.1) is 5.41 Å². The van der Waals surface area contributed by atoms with Crippen LogP contribution in [0.4, 0.5) is 0 Å². The van der Waals surface area contributed by atoms with E-state index in [9.17, 15) is 4.79 Å². The van der Waals surface area contributed by atoms with Gasteiger partial charge in [0.25, 0.3) is 0 Å². The van der Waals surface area contributed by atoms with Gasteiger partial charge in [0.1, 0.15) is 0 Å². The lowest BCUT2D eigenvalue weighted by Gasteiger charge is -2.38. The first-order chi connectivity index (χ1) is 9.18. The molecule has 2 fully saturated rings. The molecule has 0 atom stereocenters. The third-order valence-electron chi connectivity index (χ3n) is 4.95. The van der Waals surface area contributed by atoms with Crippen LogP contribution in [0.25, 0.3) is 0 Å². The Kier molecular flexibility index (Phi) is 5.22. The molecule has 1 heterocycles. The zero-order valence-corrected chi connectivity index (χ0v) is 12.4. The van der Waals surface area contributed by atoms with Crippen LogP contribution in [-0.4, -0.2) is 55.5 Å². The summed E-state index contributed by atoms with van der Waals surface area (Å²) in [6, 6.07) is 0. The molecule has 1 aliphatic carbocycles. The van der Waals surface area contributed by atoms with Crippen molar-refractivity contribution in [3.63, 3.8) is 0 Å². The minimum absolute atomic E-state index is 0.252. The van der Waals surface area contributed by atoms with Gasteiger partial charge in [-0.1, -0.05) is 19.3 Å². The molecule has 110 valence electrons. The minimum Gasteiger partial charge on any atom is -0.344 e. The highest BCUT2D eigenvalue weighted by atomic mass is 16.2. The number of rotatable bonds is 5. The highest BCUT2D eigenvalue weighted by Crippen LogP contribution is 2.36. The molecule has 0 aromatic rings. The Hall–Kier alpha value is -0.610. The number of likely N-dealkylation sites (tertiary alicyclic amines) is 1. The van der Waals surface area contributed by atoms with Crippen LogP contribution in [0.1, 0.15) is 44.9 Å². The molecule has 0 aromatic carbocycles. The van der Waals surface area contributed by atoms with Crippen LogP contribution in [0.3, 0.4) is 0 Å². The molecule has 2 rings (SSSR count). The molecular weight excluding hydrogens is 238 g/mol. The molecule has 0 radical (unpaired) electrons. The highest BCUT2D eigenvalue weighted by Gasteiger charge is 2.39. The molecule has 19 heavy (non-hydrogen) atoms. The molecule has 1 aliphatic heterocycles. The number of likely N-dealkylation sites (N-methyl/N-ethyl adjacent to an activating group) is 1. The van der Waals surface area contributed by atoms with E-state index in [1.54, 1.807) is 0 Å². The Morgan fingerprint density at radius 2 is 1.79 bits per heavy atom. The second kappa shape index (κ2) is 6.71. The molecular formula is C15H29N3O. The summed E-state index contributed by atoms with van der Waals surface area (Å²) in [5.41, 5.74) is 5.69. The van der Waals surface area contributed by atoms with Gasteiger partial charge in [-0.3, -0.25) is 4.79 Å². The smallest absolute Gasteiger partial charge is 0.229 e. The number of nitrogens with two attached hydrogens (primary N) is 1. The molecule has 0 unspecified atom stereocenters. The molecule has 1 saturated heterocycles. The standard InChI is InChI=1S/C15H29N3O/c1-17(11-12-18-9-5-6-10-18)14(19)15(13-16)7-3-2-4-8-15/h2-13,16H2,1H3. The second-order valence-electron chi connectivity index (χ2n) is 6.32. The Morgan fingerprint density at radius 1 is 1.16 bits per heavy atom. The van der Waals surface area contributed by atoms with Crippen molar-refractivity contribution in [1.29, 1.82) is 0 Å². The van der Waals surface area contributed by atoms with Gasteiger partial charge in [-0.25, -0.2) is 0 Å². The van der Waals surface area contributed by atoms with Crippen molar-refractivity contribution in [3.8, 4) is 0 Å². The van der Waals surface area contributed by atoms with Crippen LogP contribution in [-0.2, 0) is 4.79 Å². The van der Waals surface area contributed by atoms with E-state index < -0.39 is 0 Å². The van der Waals surface area contributed by atoms with Crippen molar-refractivity contribution >= 4 is 5.91 Å². The van der Waals surface area contributed by atoms with Crippen molar-refractivity contribution in [2.45, 2.75) is 44.9 Å². The average Bonchev–Trinajstić information content (AvgIpc) is 2.98. The van der Waals surface area contributed by atoms with Crippen molar-refractivity contribution in [3.05, 3.63) is 0 Å². The molecule has 4 heteroatoms.